The fraction of sp³-hybridized carbons (Fsp3) is 0.364. The number of halogens is 1. The van der Waals surface area contributed by atoms with Crippen LogP contribution in [0.1, 0.15) is 51.5 Å². The van der Waals surface area contributed by atoms with Gasteiger partial charge >= 0.3 is 0 Å². The van der Waals surface area contributed by atoms with E-state index in [2.05, 4.69) is 11.0 Å². The molecule has 0 bridgehead atoms. The van der Waals surface area contributed by atoms with Crippen LogP contribution in [0.5, 0.6) is 5.75 Å². The highest BCUT2D eigenvalue weighted by Crippen LogP contribution is 2.32. The summed E-state index contributed by atoms with van der Waals surface area (Å²) in [7, 11) is 0. The Hall–Kier alpha value is -2.17. The van der Waals surface area contributed by atoms with Gasteiger partial charge in [0.1, 0.15) is 5.75 Å². The normalized spacial score (nSPS) is 19.6. The van der Waals surface area contributed by atoms with E-state index in [-0.39, 0.29) is 11.6 Å². The average Bonchev–Trinajstić information content (AvgIpc) is 3.15. The van der Waals surface area contributed by atoms with E-state index in [0.29, 0.717) is 42.2 Å². The van der Waals surface area contributed by atoms with Crippen molar-refractivity contribution < 1.29 is 14.3 Å². The Balaban J connectivity index is 1.35. The van der Waals surface area contributed by atoms with Gasteiger partial charge in [-0.15, -0.1) is 0 Å². The van der Waals surface area contributed by atoms with Crippen molar-refractivity contribution in [2.45, 2.75) is 25.2 Å². The molecule has 27 heavy (non-hydrogen) atoms. The van der Waals surface area contributed by atoms with Crippen molar-refractivity contribution in [2.24, 2.45) is 0 Å². The van der Waals surface area contributed by atoms with E-state index in [4.69, 9.17) is 16.3 Å². The van der Waals surface area contributed by atoms with Crippen molar-refractivity contribution in [3.63, 3.8) is 0 Å². The van der Waals surface area contributed by atoms with Gasteiger partial charge in [-0.2, -0.15) is 0 Å². The quantitative estimate of drug-likeness (QED) is 0.719. The minimum absolute atomic E-state index is 0.0814. The van der Waals surface area contributed by atoms with E-state index >= 15 is 0 Å². The van der Waals surface area contributed by atoms with E-state index in [0.717, 1.165) is 31.1 Å². The van der Waals surface area contributed by atoms with Crippen LogP contribution >= 0.6 is 11.6 Å². The van der Waals surface area contributed by atoms with Gasteiger partial charge in [-0.1, -0.05) is 35.9 Å². The van der Waals surface area contributed by atoms with Gasteiger partial charge in [0.05, 0.1) is 12.2 Å². The Morgan fingerprint density at radius 2 is 2.07 bits per heavy atom. The Kier molecular flexibility index (Phi) is 5.28. The molecule has 0 saturated carbocycles. The number of nitrogens with zero attached hydrogens (tertiary/aromatic N) is 1. The highest BCUT2D eigenvalue weighted by atomic mass is 35.5. The second-order valence-electron chi connectivity index (χ2n) is 7.21. The lowest BCUT2D eigenvalue weighted by atomic mass is 9.98. The molecule has 5 heteroatoms. The maximum absolute atomic E-state index is 12.6. The zero-order valence-corrected chi connectivity index (χ0v) is 15.9. The van der Waals surface area contributed by atoms with Crippen molar-refractivity contribution in [3.8, 4) is 5.75 Å². The first-order valence-corrected chi connectivity index (χ1v) is 9.79. The molecule has 0 spiro atoms. The van der Waals surface area contributed by atoms with Crippen molar-refractivity contribution in [1.82, 2.24) is 4.90 Å². The zero-order valence-electron chi connectivity index (χ0n) is 15.1. The van der Waals surface area contributed by atoms with E-state index in [9.17, 15) is 9.59 Å². The second kappa shape index (κ2) is 7.83. The molecule has 4 nitrogen and oxygen atoms in total. The summed E-state index contributed by atoms with van der Waals surface area (Å²) in [5.74, 6) is 1.13. The topological polar surface area (TPSA) is 46.6 Å². The Morgan fingerprint density at radius 3 is 2.93 bits per heavy atom. The molecule has 2 heterocycles. The Labute approximate surface area is 164 Å². The van der Waals surface area contributed by atoms with Gasteiger partial charge < -0.3 is 9.64 Å². The van der Waals surface area contributed by atoms with Gasteiger partial charge in [0.2, 0.25) is 0 Å². The predicted octanol–water partition coefficient (Wildman–Crippen LogP) is 4.37. The smallest absolute Gasteiger partial charge is 0.169 e. The molecule has 2 aliphatic heterocycles. The standard InChI is InChI=1S/C22H22ClNO3/c23-19-4-2-1-3-17(19)16-7-10-24(14-16)11-8-20(25)15-5-6-18-21(26)9-12-27-22(18)13-15/h1-6,13,16H,7-12,14H2. The molecule has 4 rings (SSSR count). The molecule has 2 aromatic rings. The molecule has 0 radical (unpaired) electrons. The van der Waals surface area contributed by atoms with Crippen molar-refractivity contribution in [3.05, 3.63) is 64.2 Å². The monoisotopic (exact) mass is 383 g/mol. The predicted molar refractivity (Wildman–Crippen MR) is 105 cm³/mol. The van der Waals surface area contributed by atoms with Crippen molar-refractivity contribution in [1.29, 1.82) is 0 Å². The molecular formula is C22H22ClNO3. The number of carbonyl (C=O) groups excluding carboxylic acids is 2. The number of Topliss-reactive ketones (excluding diaryl/α,β-unsaturated/α-hetero) is 2. The third kappa shape index (κ3) is 3.92. The van der Waals surface area contributed by atoms with Crippen molar-refractivity contribution >= 4 is 23.2 Å². The molecule has 0 amide bonds. The van der Waals surface area contributed by atoms with Crippen LogP contribution in [-0.2, 0) is 0 Å². The highest BCUT2D eigenvalue weighted by Gasteiger charge is 2.26. The number of fused-ring (bicyclic) bond motifs is 1. The third-order valence-corrected chi connectivity index (χ3v) is 5.81. The summed E-state index contributed by atoms with van der Waals surface area (Å²) >= 11 is 6.32. The molecule has 140 valence electrons. The number of ether oxygens (including phenoxy) is 1. The first-order chi connectivity index (χ1) is 13.1. The molecule has 1 saturated heterocycles. The van der Waals surface area contributed by atoms with Crippen molar-refractivity contribution in [2.75, 3.05) is 26.2 Å². The first kappa shape index (κ1) is 18.2. The zero-order chi connectivity index (χ0) is 18.8. The lowest BCUT2D eigenvalue weighted by Crippen LogP contribution is -2.24. The Bertz CT molecular complexity index is 880. The highest BCUT2D eigenvalue weighted by molar-refractivity contribution is 6.31. The largest absolute Gasteiger partial charge is 0.492 e. The molecule has 0 aliphatic carbocycles. The van der Waals surface area contributed by atoms with Gasteiger partial charge in [0.15, 0.2) is 11.6 Å². The van der Waals surface area contributed by atoms with Gasteiger partial charge in [0.25, 0.3) is 0 Å². The second-order valence-corrected chi connectivity index (χ2v) is 7.62. The number of hydrogen-bond acceptors (Lipinski definition) is 4. The van der Waals surface area contributed by atoms with Crippen LogP contribution in [0.4, 0.5) is 0 Å². The average molecular weight is 384 g/mol. The SMILES string of the molecule is O=C(CCN1CCC(c2ccccc2Cl)C1)c1ccc2c(c1)OCCC2=O. The maximum Gasteiger partial charge on any atom is 0.169 e. The van der Waals surface area contributed by atoms with E-state index in [1.54, 1.807) is 18.2 Å². The van der Waals surface area contributed by atoms with E-state index in [1.807, 2.05) is 18.2 Å². The number of ketones is 2. The molecular weight excluding hydrogens is 362 g/mol. The van der Waals surface area contributed by atoms with Crippen LogP contribution in [0.2, 0.25) is 5.02 Å². The number of carbonyl (C=O) groups is 2. The van der Waals surface area contributed by atoms with Gasteiger partial charge in [0, 0.05) is 36.5 Å². The van der Waals surface area contributed by atoms with Gasteiger partial charge in [-0.25, -0.2) is 0 Å². The molecule has 1 fully saturated rings. The summed E-state index contributed by atoms with van der Waals surface area (Å²) in [5.41, 5.74) is 2.40. The number of benzene rings is 2. The summed E-state index contributed by atoms with van der Waals surface area (Å²) in [6.07, 6.45) is 1.93. The Morgan fingerprint density at radius 1 is 1.22 bits per heavy atom. The van der Waals surface area contributed by atoms with Gasteiger partial charge in [-0.05, 0) is 42.6 Å². The number of likely N-dealkylation sites (tertiary alicyclic amines) is 1. The lowest BCUT2D eigenvalue weighted by molar-refractivity contribution is 0.0927. The van der Waals surface area contributed by atoms with E-state index in [1.165, 1.54) is 5.56 Å². The fourth-order valence-corrected chi connectivity index (χ4v) is 4.22. The summed E-state index contributed by atoms with van der Waals surface area (Å²) < 4.78 is 5.54. The molecule has 0 N–H and O–H groups in total. The summed E-state index contributed by atoms with van der Waals surface area (Å²) in [5, 5.41) is 0.823. The first-order valence-electron chi connectivity index (χ1n) is 9.42. The summed E-state index contributed by atoms with van der Waals surface area (Å²) in [4.78, 5) is 26.8. The minimum Gasteiger partial charge on any atom is -0.492 e. The summed E-state index contributed by atoms with van der Waals surface area (Å²) in [6, 6.07) is 13.2. The summed E-state index contributed by atoms with van der Waals surface area (Å²) in [6.45, 7) is 3.03. The van der Waals surface area contributed by atoms with Crippen LogP contribution in [0, 0.1) is 0 Å². The molecule has 2 aromatic carbocycles. The van der Waals surface area contributed by atoms with Crippen LogP contribution in [0.3, 0.4) is 0 Å². The lowest BCUT2D eigenvalue weighted by Gasteiger charge is -2.18. The number of rotatable bonds is 5. The van der Waals surface area contributed by atoms with Gasteiger partial charge in [-0.3, -0.25) is 9.59 Å². The maximum atomic E-state index is 12.6. The van der Waals surface area contributed by atoms with Crippen LogP contribution in [0.15, 0.2) is 42.5 Å². The van der Waals surface area contributed by atoms with Crippen LogP contribution < -0.4 is 4.74 Å². The molecule has 0 aromatic heterocycles. The van der Waals surface area contributed by atoms with Crippen LogP contribution in [-0.4, -0.2) is 42.7 Å². The number of hydrogen-bond donors (Lipinski definition) is 0. The fourth-order valence-electron chi connectivity index (χ4n) is 3.93. The minimum atomic E-state index is 0.0814. The van der Waals surface area contributed by atoms with Crippen LogP contribution in [0.25, 0.3) is 0 Å². The molecule has 1 atom stereocenters. The molecule has 1 unspecified atom stereocenters. The molecule has 2 aliphatic rings. The third-order valence-electron chi connectivity index (χ3n) is 5.46. The van der Waals surface area contributed by atoms with E-state index < -0.39 is 0 Å².